The van der Waals surface area contributed by atoms with Crippen molar-refractivity contribution >= 4 is 17.2 Å². The van der Waals surface area contributed by atoms with Crippen LogP contribution in [0.2, 0.25) is 0 Å². The lowest BCUT2D eigenvalue weighted by atomic mass is 10.1. The lowest BCUT2D eigenvalue weighted by Gasteiger charge is -2.13. The highest BCUT2D eigenvalue weighted by molar-refractivity contribution is 7.10. The van der Waals surface area contributed by atoms with Crippen molar-refractivity contribution in [2.75, 3.05) is 6.54 Å². The monoisotopic (exact) mass is 261 g/mol. The minimum Gasteiger partial charge on any atom is -0.351 e. The van der Waals surface area contributed by atoms with Crippen LogP contribution in [-0.2, 0) is 11.3 Å². The van der Waals surface area contributed by atoms with Gasteiger partial charge in [-0.05, 0) is 23.1 Å². The van der Waals surface area contributed by atoms with Gasteiger partial charge in [-0.1, -0.05) is 12.1 Å². The van der Waals surface area contributed by atoms with Gasteiger partial charge >= 0.3 is 0 Å². The molecule has 3 N–H and O–H groups in total. The Morgan fingerprint density at radius 1 is 1.44 bits per heavy atom. The largest absolute Gasteiger partial charge is 0.351 e. The first-order valence-corrected chi connectivity index (χ1v) is 6.59. The molecule has 0 aromatic carbocycles. The zero-order valence-electron chi connectivity index (χ0n) is 9.87. The van der Waals surface area contributed by atoms with Crippen LogP contribution in [-0.4, -0.2) is 17.4 Å². The summed E-state index contributed by atoms with van der Waals surface area (Å²) >= 11 is 1.55. The molecule has 0 spiro atoms. The van der Waals surface area contributed by atoms with Gasteiger partial charge in [-0.15, -0.1) is 11.3 Å². The van der Waals surface area contributed by atoms with Crippen molar-refractivity contribution in [1.82, 2.24) is 10.3 Å². The highest BCUT2D eigenvalue weighted by atomic mass is 32.1. The van der Waals surface area contributed by atoms with Gasteiger partial charge in [-0.2, -0.15) is 0 Å². The molecule has 2 aromatic rings. The number of thiophene rings is 1. The smallest absolute Gasteiger partial charge is 0.229 e. The Hall–Kier alpha value is -1.72. The highest BCUT2D eigenvalue weighted by Gasteiger charge is 2.19. The maximum atomic E-state index is 12.0. The van der Waals surface area contributed by atoms with Gasteiger partial charge in [0.15, 0.2) is 0 Å². The fourth-order valence-corrected chi connectivity index (χ4v) is 2.50. The molecule has 2 rings (SSSR count). The van der Waals surface area contributed by atoms with Crippen LogP contribution in [0, 0.1) is 0 Å². The quantitative estimate of drug-likeness (QED) is 0.857. The van der Waals surface area contributed by atoms with Gasteiger partial charge in [-0.25, -0.2) is 0 Å². The van der Waals surface area contributed by atoms with Crippen molar-refractivity contribution in [1.29, 1.82) is 0 Å². The minimum atomic E-state index is -0.262. The van der Waals surface area contributed by atoms with Crippen molar-refractivity contribution in [3.05, 3.63) is 52.5 Å². The number of amides is 1. The third-order valence-electron chi connectivity index (χ3n) is 2.63. The Balaban J connectivity index is 1.95. The van der Waals surface area contributed by atoms with Crippen molar-refractivity contribution in [3.63, 3.8) is 0 Å². The van der Waals surface area contributed by atoms with Crippen LogP contribution in [0.25, 0.3) is 0 Å². The van der Waals surface area contributed by atoms with Crippen LogP contribution in [0.3, 0.4) is 0 Å². The lowest BCUT2D eigenvalue weighted by Crippen LogP contribution is -2.32. The molecule has 0 saturated carbocycles. The van der Waals surface area contributed by atoms with Gasteiger partial charge in [-0.3, -0.25) is 9.78 Å². The number of pyridine rings is 1. The van der Waals surface area contributed by atoms with Gasteiger partial charge in [0.05, 0.1) is 5.92 Å². The molecule has 1 atom stereocenters. The Labute approximate surface area is 110 Å². The first kappa shape index (κ1) is 12.7. The summed E-state index contributed by atoms with van der Waals surface area (Å²) in [5.41, 5.74) is 6.65. The van der Waals surface area contributed by atoms with E-state index in [-0.39, 0.29) is 11.8 Å². The predicted octanol–water partition coefficient (Wildman–Crippen LogP) is 1.50. The van der Waals surface area contributed by atoms with E-state index < -0.39 is 0 Å². The Morgan fingerprint density at radius 2 is 2.33 bits per heavy atom. The maximum absolute atomic E-state index is 12.0. The average molecular weight is 261 g/mol. The lowest BCUT2D eigenvalue weighted by molar-refractivity contribution is -0.122. The van der Waals surface area contributed by atoms with Gasteiger partial charge in [0, 0.05) is 30.4 Å². The number of carbonyl (C=O) groups excluding carboxylic acids is 1. The minimum absolute atomic E-state index is 0.0381. The third kappa shape index (κ3) is 3.15. The van der Waals surface area contributed by atoms with Gasteiger partial charge in [0.2, 0.25) is 5.91 Å². The summed E-state index contributed by atoms with van der Waals surface area (Å²) in [4.78, 5) is 17.0. The first-order chi connectivity index (χ1) is 8.81. The molecule has 0 unspecified atom stereocenters. The first-order valence-electron chi connectivity index (χ1n) is 5.71. The molecule has 94 valence electrons. The summed E-state index contributed by atoms with van der Waals surface area (Å²) in [5, 5.41) is 4.84. The molecule has 0 radical (unpaired) electrons. The van der Waals surface area contributed by atoms with E-state index in [2.05, 4.69) is 10.3 Å². The number of aromatic nitrogens is 1. The molecule has 0 aliphatic rings. The van der Waals surface area contributed by atoms with E-state index in [0.29, 0.717) is 13.1 Å². The van der Waals surface area contributed by atoms with Crippen molar-refractivity contribution in [3.8, 4) is 0 Å². The molecule has 1 amide bonds. The SMILES string of the molecule is NC[C@@H](C(=O)NCc1cccnc1)c1cccs1. The van der Waals surface area contributed by atoms with E-state index >= 15 is 0 Å². The Bertz CT molecular complexity index is 484. The van der Waals surface area contributed by atoms with Crippen LogP contribution in [0.15, 0.2) is 42.0 Å². The van der Waals surface area contributed by atoms with E-state index in [1.165, 1.54) is 0 Å². The summed E-state index contributed by atoms with van der Waals surface area (Å²) in [6.45, 7) is 0.800. The van der Waals surface area contributed by atoms with Crippen molar-refractivity contribution in [2.45, 2.75) is 12.5 Å². The van der Waals surface area contributed by atoms with Crippen LogP contribution < -0.4 is 11.1 Å². The van der Waals surface area contributed by atoms with Crippen molar-refractivity contribution in [2.24, 2.45) is 5.73 Å². The summed E-state index contributed by atoms with van der Waals surface area (Å²) < 4.78 is 0. The standard InChI is InChI=1S/C13H15N3OS/c14-7-11(12-4-2-6-18-12)13(17)16-9-10-3-1-5-15-8-10/h1-6,8,11H,7,9,14H2,(H,16,17)/t11-/m1/s1. The number of hydrogen-bond donors (Lipinski definition) is 2. The van der Waals surface area contributed by atoms with Crippen LogP contribution in [0.4, 0.5) is 0 Å². The summed E-state index contributed by atoms with van der Waals surface area (Å²) in [6.07, 6.45) is 3.45. The third-order valence-corrected chi connectivity index (χ3v) is 3.61. The number of nitrogens with one attached hydrogen (secondary N) is 1. The van der Waals surface area contributed by atoms with Gasteiger partial charge < -0.3 is 11.1 Å². The summed E-state index contributed by atoms with van der Waals surface area (Å²) in [6, 6.07) is 7.64. The molecule has 0 aliphatic carbocycles. The number of carbonyl (C=O) groups is 1. The van der Waals surface area contributed by atoms with E-state index in [4.69, 9.17) is 5.73 Å². The zero-order valence-corrected chi connectivity index (χ0v) is 10.7. The second-order valence-corrected chi connectivity index (χ2v) is 4.86. The molecule has 0 fully saturated rings. The highest BCUT2D eigenvalue weighted by Crippen LogP contribution is 2.20. The van der Waals surface area contributed by atoms with Gasteiger partial charge in [0.1, 0.15) is 0 Å². The van der Waals surface area contributed by atoms with Crippen molar-refractivity contribution < 1.29 is 4.79 Å². The van der Waals surface area contributed by atoms with Crippen LogP contribution in [0.1, 0.15) is 16.4 Å². The molecule has 2 heterocycles. The second-order valence-electron chi connectivity index (χ2n) is 3.88. The summed E-state index contributed by atoms with van der Waals surface area (Å²) in [5.74, 6) is -0.300. The molecule has 2 aromatic heterocycles. The number of hydrogen-bond acceptors (Lipinski definition) is 4. The molecular formula is C13H15N3OS. The Morgan fingerprint density at radius 3 is 2.94 bits per heavy atom. The zero-order chi connectivity index (χ0) is 12.8. The molecule has 4 nitrogen and oxygen atoms in total. The molecular weight excluding hydrogens is 246 g/mol. The van der Waals surface area contributed by atoms with E-state index in [9.17, 15) is 4.79 Å². The fourth-order valence-electron chi connectivity index (χ4n) is 1.66. The second kappa shape index (κ2) is 6.28. The number of nitrogens with two attached hydrogens (primary N) is 1. The molecule has 5 heteroatoms. The number of rotatable bonds is 5. The Kier molecular flexibility index (Phi) is 4.44. The normalized spacial score (nSPS) is 12.1. The van der Waals surface area contributed by atoms with Gasteiger partial charge in [0.25, 0.3) is 0 Å². The molecule has 0 saturated heterocycles. The predicted molar refractivity (Wildman–Crippen MR) is 72.2 cm³/mol. The molecule has 0 aliphatic heterocycles. The van der Waals surface area contributed by atoms with Crippen LogP contribution >= 0.6 is 11.3 Å². The topological polar surface area (TPSA) is 68.0 Å². The molecule has 18 heavy (non-hydrogen) atoms. The summed E-state index contributed by atoms with van der Waals surface area (Å²) in [7, 11) is 0. The van der Waals surface area contributed by atoms with E-state index in [1.807, 2.05) is 29.6 Å². The van der Waals surface area contributed by atoms with E-state index in [0.717, 1.165) is 10.4 Å². The number of nitrogens with zero attached hydrogens (tertiary/aromatic N) is 1. The fraction of sp³-hybridized carbons (Fsp3) is 0.231. The van der Waals surface area contributed by atoms with Crippen LogP contribution in [0.5, 0.6) is 0 Å². The average Bonchev–Trinajstić information content (AvgIpc) is 2.92. The molecule has 0 bridgehead atoms. The van der Waals surface area contributed by atoms with E-state index in [1.54, 1.807) is 23.7 Å². The maximum Gasteiger partial charge on any atom is 0.229 e.